The molecule has 0 saturated carbocycles. The van der Waals surface area contributed by atoms with E-state index in [9.17, 15) is 18.0 Å². The first kappa shape index (κ1) is 12.6. The maximum Gasteiger partial charge on any atom is 0.416 e. The quantitative estimate of drug-likeness (QED) is 0.827. The van der Waals surface area contributed by atoms with E-state index in [-0.39, 0.29) is 23.5 Å². The second-order valence-corrected chi connectivity index (χ2v) is 3.78. The molecular formula is C11H10F3N3O. The van der Waals surface area contributed by atoms with Gasteiger partial charge in [-0.05, 0) is 25.2 Å². The van der Waals surface area contributed by atoms with Gasteiger partial charge in [0.2, 0.25) is 0 Å². The van der Waals surface area contributed by atoms with Crippen LogP contribution in [0.5, 0.6) is 0 Å². The second kappa shape index (κ2) is 4.41. The number of carbonyl (C=O) groups is 1. The van der Waals surface area contributed by atoms with Gasteiger partial charge in [0.1, 0.15) is 5.69 Å². The summed E-state index contributed by atoms with van der Waals surface area (Å²) >= 11 is 0. The van der Waals surface area contributed by atoms with E-state index in [2.05, 4.69) is 15.5 Å². The molecule has 1 aromatic heterocycles. The van der Waals surface area contributed by atoms with Gasteiger partial charge >= 0.3 is 6.18 Å². The predicted octanol–water partition coefficient (Wildman–Crippen LogP) is 1.98. The molecule has 0 amide bonds. The smallest absolute Gasteiger partial charge is 0.313 e. The fraction of sp³-hybridized carbons (Fsp3) is 0.273. The van der Waals surface area contributed by atoms with Crippen LogP contribution in [0.3, 0.4) is 0 Å². The van der Waals surface area contributed by atoms with E-state index in [0.717, 1.165) is 12.1 Å². The normalized spacial score (nSPS) is 12.0. The first-order valence-electron chi connectivity index (χ1n) is 5.16. The maximum atomic E-state index is 12.5. The second-order valence-electron chi connectivity index (χ2n) is 3.78. The summed E-state index contributed by atoms with van der Waals surface area (Å²) in [5, 5.41) is 9.26. The highest BCUT2D eigenvalue weighted by molar-refractivity contribution is 6.06. The summed E-state index contributed by atoms with van der Waals surface area (Å²) in [7, 11) is 1.61. The zero-order valence-corrected chi connectivity index (χ0v) is 9.43. The number of aromatic nitrogens is 2. The Bertz CT molecular complexity index is 589. The molecule has 1 aromatic carbocycles. The number of ketones is 1. The third-order valence-electron chi connectivity index (χ3n) is 2.49. The number of H-pyrrole nitrogens is 1. The monoisotopic (exact) mass is 257 g/mol. The van der Waals surface area contributed by atoms with Gasteiger partial charge in [0.05, 0.1) is 17.6 Å². The summed E-state index contributed by atoms with van der Waals surface area (Å²) in [6.07, 6.45) is -4.41. The summed E-state index contributed by atoms with van der Waals surface area (Å²) < 4.78 is 37.5. The van der Waals surface area contributed by atoms with E-state index in [0.29, 0.717) is 5.39 Å². The molecule has 1 heterocycles. The van der Waals surface area contributed by atoms with Crippen LogP contribution in [0, 0.1) is 0 Å². The lowest BCUT2D eigenvalue weighted by Gasteiger charge is -2.05. The van der Waals surface area contributed by atoms with E-state index >= 15 is 0 Å². The van der Waals surface area contributed by atoms with Crippen LogP contribution in [0.15, 0.2) is 18.2 Å². The summed E-state index contributed by atoms with van der Waals surface area (Å²) in [6, 6.07) is 3.14. The summed E-state index contributed by atoms with van der Waals surface area (Å²) in [5.74, 6) is -0.275. The van der Waals surface area contributed by atoms with Crippen LogP contribution >= 0.6 is 0 Å². The lowest BCUT2D eigenvalue weighted by Crippen LogP contribution is -2.19. The lowest BCUT2D eigenvalue weighted by atomic mass is 10.1. The molecule has 0 atom stereocenters. The van der Waals surface area contributed by atoms with Crippen LogP contribution in [-0.2, 0) is 6.18 Å². The van der Waals surface area contributed by atoms with Gasteiger partial charge in [0.15, 0.2) is 5.78 Å². The lowest BCUT2D eigenvalue weighted by molar-refractivity contribution is -0.137. The van der Waals surface area contributed by atoms with Crippen LogP contribution in [0.25, 0.3) is 10.9 Å². The van der Waals surface area contributed by atoms with Gasteiger partial charge < -0.3 is 5.32 Å². The number of hydrogen-bond acceptors (Lipinski definition) is 3. The Labute approximate surface area is 100 Å². The minimum Gasteiger partial charge on any atom is -0.313 e. The molecule has 0 aliphatic carbocycles. The number of Topliss-reactive ketones (excluding diaryl/α,β-unsaturated/α-hetero) is 1. The molecule has 0 aliphatic heterocycles. The van der Waals surface area contributed by atoms with Crippen molar-refractivity contribution in [2.75, 3.05) is 13.6 Å². The van der Waals surface area contributed by atoms with E-state index in [1.54, 1.807) is 7.05 Å². The molecule has 7 heteroatoms. The van der Waals surface area contributed by atoms with Crippen LogP contribution in [0.1, 0.15) is 16.1 Å². The molecule has 2 N–H and O–H groups in total. The molecule has 18 heavy (non-hydrogen) atoms. The molecule has 2 aromatic rings. The molecule has 96 valence electrons. The molecule has 0 saturated heterocycles. The van der Waals surface area contributed by atoms with Crippen molar-refractivity contribution in [3.05, 3.63) is 29.5 Å². The van der Waals surface area contributed by atoms with Crippen LogP contribution in [0.2, 0.25) is 0 Å². The van der Waals surface area contributed by atoms with Crippen molar-refractivity contribution >= 4 is 16.7 Å². The minimum absolute atomic E-state index is 0.0843. The van der Waals surface area contributed by atoms with Gasteiger partial charge in [-0.25, -0.2) is 0 Å². The highest BCUT2D eigenvalue weighted by Gasteiger charge is 2.31. The number of nitrogens with one attached hydrogen (secondary N) is 2. The van der Waals surface area contributed by atoms with Crippen molar-refractivity contribution in [2.45, 2.75) is 6.18 Å². The number of halogens is 3. The van der Waals surface area contributed by atoms with Crippen molar-refractivity contribution in [1.82, 2.24) is 15.5 Å². The average molecular weight is 257 g/mol. The number of hydrogen-bond donors (Lipinski definition) is 2. The molecule has 0 unspecified atom stereocenters. The standard InChI is InChI=1S/C11H10F3N3O/c1-15-5-9(18)10-7-3-2-6(11(12,13)14)4-8(7)16-17-10/h2-4,15H,5H2,1H3,(H,16,17). The van der Waals surface area contributed by atoms with Gasteiger partial charge in [-0.15, -0.1) is 0 Å². The Hall–Kier alpha value is -1.89. The first-order valence-corrected chi connectivity index (χ1v) is 5.16. The number of benzene rings is 1. The van der Waals surface area contributed by atoms with Crippen LogP contribution in [0.4, 0.5) is 13.2 Å². The number of aromatic amines is 1. The zero-order valence-electron chi connectivity index (χ0n) is 9.43. The van der Waals surface area contributed by atoms with E-state index in [1.165, 1.54) is 6.07 Å². The Morgan fingerprint density at radius 3 is 2.78 bits per heavy atom. The Morgan fingerprint density at radius 2 is 2.17 bits per heavy atom. The largest absolute Gasteiger partial charge is 0.416 e. The summed E-state index contributed by atoms with van der Waals surface area (Å²) in [5.41, 5.74) is -0.427. The van der Waals surface area contributed by atoms with E-state index in [4.69, 9.17) is 0 Å². The molecule has 0 radical (unpaired) electrons. The molecule has 0 spiro atoms. The van der Waals surface area contributed by atoms with Crippen molar-refractivity contribution < 1.29 is 18.0 Å². The fourth-order valence-electron chi connectivity index (χ4n) is 1.65. The number of likely N-dealkylation sites (N-methyl/N-ethyl adjacent to an activating group) is 1. The summed E-state index contributed by atoms with van der Waals surface area (Å²) in [4.78, 5) is 11.6. The fourth-order valence-corrected chi connectivity index (χ4v) is 1.65. The van der Waals surface area contributed by atoms with Gasteiger partial charge in [-0.1, -0.05) is 0 Å². The Balaban J connectivity index is 2.47. The number of rotatable bonds is 3. The van der Waals surface area contributed by atoms with E-state index < -0.39 is 11.7 Å². The molecule has 0 bridgehead atoms. The SMILES string of the molecule is CNCC(=O)c1n[nH]c2cc(C(F)(F)F)ccc12. The topological polar surface area (TPSA) is 57.8 Å². The van der Waals surface area contributed by atoms with Gasteiger partial charge in [0, 0.05) is 5.39 Å². The average Bonchev–Trinajstić information content (AvgIpc) is 2.70. The maximum absolute atomic E-state index is 12.5. The zero-order chi connectivity index (χ0) is 13.3. The van der Waals surface area contributed by atoms with E-state index in [1.807, 2.05) is 0 Å². The predicted molar refractivity (Wildman–Crippen MR) is 59.4 cm³/mol. The number of alkyl halides is 3. The van der Waals surface area contributed by atoms with Crippen LogP contribution in [-0.4, -0.2) is 29.6 Å². The Kier molecular flexibility index (Phi) is 3.08. The minimum atomic E-state index is -4.41. The van der Waals surface area contributed by atoms with Crippen LogP contribution < -0.4 is 5.32 Å². The van der Waals surface area contributed by atoms with Crippen molar-refractivity contribution in [2.24, 2.45) is 0 Å². The molecule has 2 rings (SSSR count). The Morgan fingerprint density at radius 1 is 1.44 bits per heavy atom. The van der Waals surface area contributed by atoms with Crippen molar-refractivity contribution in [3.63, 3.8) is 0 Å². The molecule has 0 aliphatic rings. The number of carbonyl (C=O) groups excluding carboxylic acids is 1. The number of nitrogens with zero attached hydrogens (tertiary/aromatic N) is 1. The third-order valence-corrected chi connectivity index (χ3v) is 2.49. The molecule has 0 fully saturated rings. The first-order chi connectivity index (χ1) is 8.43. The van der Waals surface area contributed by atoms with Gasteiger partial charge in [-0.3, -0.25) is 9.89 Å². The van der Waals surface area contributed by atoms with Crippen molar-refractivity contribution in [1.29, 1.82) is 0 Å². The third kappa shape index (κ3) is 2.21. The van der Waals surface area contributed by atoms with Crippen molar-refractivity contribution in [3.8, 4) is 0 Å². The molecular weight excluding hydrogens is 247 g/mol. The van der Waals surface area contributed by atoms with Gasteiger partial charge in [0.25, 0.3) is 0 Å². The van der Waals surface area contributed by atoms with Gasteiger partial charge in [-0.2, -0.15) is 18.3 Å². The summed E-state index contributed by atoms with van der Waals surface area (Å²) in [6.45, 7) is 0.0843. The highest BCUT2D eigenvalue weighted by atomic mass is 19.4. The highest BCUT2D eigenvalue weighted by Crippen LogP contribution is 2.31. The molecule has 4 nitrogen and oxygen atoms in total. The number of fused-ring (bicyclic) bond motifs is 1.